The highest BCUT2D eigenvalue weighted by Crippen LogP contribution is 2.22. The Morgan fingerprint density at radius 2 is 2.24 bits per heavy atom. The summed E-state index contributed by atoms with van der Waals surface area (Å²) >= 11 is 0. The van der Waals surface area contributed by atoms with Gasteiger partial charge in [-0.1, -0.05) is 0 Å². The zero-order chi connectivity index (χ0) is 16.0. The molecule has 0 radical (unpaired) electrons. The molecule has 1 unspecified atom stereocenters. The fraction of sp³-hybridized carbons (Fsp3) is 0.500. The minimum absolute atomic E-state index is 0.145. The van der Waals surface area contributed by atoms with Crippen molar-refractivity contribution < 1.29 is 14.1 Å². The largest absolute Gasteiger partial charge is 0.493 e. The lowest BCUT2D eigenvalue weighted by atomic mass is 9.99. The third-order valence-electron chi connectivity index (χ3n) is 2.84. The number of nitro benzene ring substituents is 1. The van der Waals surface area contributed by atoms with Crippen molar-refractivity contribution in [1.82, 2.24) is 5.32 Å². The topological polar surface area (TPSA) is 88.2 Å². The molecule has 0 heterocycles. The van der Waals surface area contributed by atoms with E-state index in [0.717, 1.165) is 12.1 Å². The summed E-state index contributed by atoms with van der Waals surface area (Å²) in [6.45, 7) is 5.82. The van der Waals surface area contributed by atoms with Gasteiger partial charge in [-0.2, -0.15) is 9.65 Å². The van der Waals surface area contributed by atoms with Crippen molar-refractivity contribution in [3.8, 4) is 11.8 Å². The van der Waals surface area contributed by atoms with Crippen molar-refractivity contribution in [2.45, 2.75) is 38.8 Å². The van der Waals surface area contributed by atoms with E-state index in [2.05, 4.69) is 11.4 Å². The highest BCUT2D eigenvalue weighted by atomic mass is 19.1. The summed E-state index contributed by atoms with van der Waals surface area (Å²) in [5, 5.41) is 22.8. The minimum Gasteiger partial charge on any atom is -0.493 e. The van der Waals surface area contributed by atoms with E-state index in [4.69, 9.17) is 10.00 Å². The first kappa shape index (κ1) is 16.9. The molecule has 0 aromatic heterocycles. The lowest BCUT2D eigenvalue weighted by Gasteiger charge is -2.25. The van der Waals surface area contributed by atoms with E-state index in [9.17, 15) is 14.5 Å². The number of nitrogens with one attached hydrogen (secondary N) is 1. The highest BCUT2D eigenvalue weighted by Gasteiger charge is 2.24. The first-order chi connectivity index (χ1) is 9.77. The number of nitrogens with zero attached hydrogens (tertiary/aromatic N) is 2. The lowest BCUT2D eigenvalue weighted by Crippen LogP contribution is -2.45. The molecule has 1 aromatic rings. The summed E-state index contributed by atoms with van der Waals surface area (Å²) in [5.74, 6) is -0.746. The predicted octanol–water partition coefficient (Wildman–Crippen LogP) is 2.78. The smallest absolute Gasteiger partial charge is 0.305 e. The molecule has 6 nitrogen and oxygen atoms in total. The third-order valence-corrected chi connectivity index (χ3v) is 2.84. The summed E-state index contributed by atoms with van der Waals surface area (Å²) in [6.07, 6.45) is 0.403. The fourth-order valence-electron chi connectivity index (χ4n) is 1.90. The van der Waals surface area contributed by atoms with Crippen molar-refractivity contribution in [3.63, 3.8) is 0 Å². The normalized spacial score (nSPS) is 13.5. The number of ether oxygens (including phenoxy) is 1. The number of rotatable bonds is 7. The molecule has 1 aromatic carbocycles. The maximum atomic E-state index is 13.4. The monoisotopic (exact) mass is 295 g/mol. The van der Waals surface area contributed by atoms with Crippen LogP contribution in [-0.2, 0) is 0 Å². The number of hydrogen-bond acceptors (Lipinski definition) is 5. The SMILES string of the molecule is CC(C)NC(C)(C#N)CCOc1ccc([N+](=O)[O-])c(F)c1. The summed E-state index contributed by atoms with van der Waals surface area (Å²) in [5.41, 5.74) is -1.33. The average molecular weight is 295 g/mol. The van der Waals surface area contributed by atoms with Gasteiger partial charge in [0.25, 0.3) is 0 Å². The molecule has 1 rings (SSSR count). The van der Waals surface area contributed by atoms with E-state index in [-0.39, 0.29) is 18.4 Å². The van der Waals surface area contributed by atoms with Crippen LogP contribution in [0.15, 0.2) is 18.2 Å². The summed E-state index contributed by atoms with van der Waals surface area (Å²) in [4.78, 5) is 9.71. The van der Waals surface area contributed by atoms with Crippen LogP contribution in [0.1, 0.15) is 27.2 Å². The van der Waals surface area contributed by atoms with E-state index in [1.807, 2.05) is 13.8 Å². The van der Waals surface area contributed by atoms with Crippen LogP contribution in [0.2, 0.25) is 0 Å². The molecule has 0 saturated carbocycles. The van der Waals surface area contributed by atoms with E-state index >= 15 is 0 Å². The second kappa shape index (κ2) is 6.99. The molecule has 0 amide bonds. The molecule has 21 heavy (non-hydrogen) atoms. The Balaban J connectivity index is 2.62. The lowest BCUT2D eigenvalue weighted by molar-refractivity contribution is -0.387. The second-order valence-corrected chi connectivity index (χ2v) is 5.21. The van der Waals surface area contributed by atoms with Crippen molar-refractivity contribution in [2.24, 2.45) is 0 Å². The standard InChI is InChI=1S/C14H18FN3O3/c1-10(2)17-14(3,9-16)6-7-21-11-4-5-13(18(19)20)12(15)8-11/h4-5,8,10,17H,6-7H2,1-3H3. The van der Waals surface area contributed by atoms with E-state index in [1.54, 1.807) is 6.92 Å². The maximum absolute atomic E-state index is 13.4. The molecule has 0 saturated heterocycles. The predicted molar refractivity (Wildman–Crippen MR) is 75.5 cm³/mol. The number of nitriles is 1. The molecule has 114 valence electrons. The van der Waals surface area contributed by atoms with Crippen LogP contribution < -0.4 is 10.1 Å². The zero-order valence-electron chi connectivity index (χ0n) is 12.2. The Bertz CT molecular complexity index is 557. The molecule has 1 atom stereocenters. The zero-order valence-corrected chi connectivity index (χ0v) is 12.2. The van der Waals surface area contributed by atoms with Gasteiger partial charge in [0.2, 0.25) is 5.82 Å². The van der Waals surface area contributed by atoms with Gasteiger partial charge in [-0.15, -0.1) is 0 Å². The Hall–Kier alpha value is -2.20. The first-order valence-corrected chi connectivity index (χ1v) is 6.53. The van der Waals surface area contributed by atoms with Gasteiger partial charge in [0.05, 0.1) is 17.6 Å². The van der Waals surface area contributed by atoms with Crippen molar-refractivity contribution >= 4 is 5.69 Å². The maximum Gasteiger partial charge on any atom is 0.305 e. The van der Waals surface area contributed by atoms with Gasteiger partial charge in [0.1, 0.15) is 11.3 Å². The average Bonchev–Trinajstić information content (AvgIpc) is 2.37. The highest BCUT2D eigenvalue weighted by molar-refractivity contribution is 5.37. The van der Waals surface area contributed by atoms with E-state index in [1.165, 1.54) is 6.07 Å². The Kier molecular flexibility index (Phi) is 5.61. The molecule has 7 heteroatoms. The second-order valence-electron chi connectivity index (χ2n) is 5.21. The summed E-state index contributed by atoms with van der Waals surface area (Å²) in [6, 6.07) is 5.68. The molecule has 0 bridgehead atoms. The van der Waals surface area contributed by atoms with Crippen LogP contribution in [0.25, 0.3) is 0 Å². The van der Waals surface area contributed by atoms with Crippen molar-refractivity contribution in [1.29, 1.82) is 5.26 Å². The quantitative estimate of drug-likeness (QED) is 0.617. The van der Waals surface area contributed by atoms with Gasteiger partial charge in [-0.3, -0.25) is 15.4 Å². The van der Waals surface area contributed by atoms with Crippen LogP contribution in [0.4, 0.5) is 10.1 Å². The van der Waals surface area contributed by atoms with Crippen LogP contribution in [0.3, 0.4) is 0 Å². The van der Waals surface area contributed by atoms with Crippen molar-refractivity contribution in [3.05, 3.63) is 34.1 Å². The van der Waals surface area contributed by atoms with Gasteiger partial charge in [0, 0.05) is 24.6 Å². The number of hydrogen-bond donors (Lipinski definition) is 1. The molecule has 0 aliphatic rings. The van der Waals surface area contributed by atoms with Gasteiger partial charge >= 0.3 is 5.69 Å². The van der Waals surface area contributed by atoms with Gasteiger partial charge in [-0.25, -0.2) is 0 Å². The van der Waals surface area contributed by atoms with E-state index < -0.39 is 22.0 Å². The Labute approximate surface area is 122 Å². The Morgan fingerprint density at radius 1 is 1.57 bits per heavy atom. The van der Waals surface area contributed by atoms with Crippen LogP contribution in [0.5, 0.6) is 5.75 Å². The molecule has 0 aliphatic carbocycles. The first-order valence-electron chi connectivity index (χ1n) is 6.53. The molecule has 0 aliphatic heterocycles. The number of halogens is 1. The summed E-state index contributed by atoms with van der Waals surface area (Å²) in [7, 11) is 0. The fourth-order valence-corrected chi connectivity index (χ4v) is 1.90. The Morgan fingerprint density at radius 3 is 2.71 bits per heavy atom. The minimum atomic E-state index is -0.944. The molecular formula is C14H18FN3O3. The molecular weight excluding hydrogens is 277 g/mol. The molecule has 0 fully saturated rings. The number of nitro groups is 1. The van der Waals surface area contributed by atoms with Gasteiger partial charge in [-0.05, 0) is 26.8 Å². The molecule has 0 spiro atoms. The number of benzene rings is 1. The third kappa shape index (κ3) is 5.00. The van der Waals surface area contributed by atoms with Crippen LogP contribution in [0, 0.1) is 27.3 Å². The van der Waals surface area contributed by atoms with Crippen LogP contribution in [-0.4, -0.2) is 23.1 Å². The van der Waals surface area contributed by atoms with Gasteiger partial charge < -0.3 is 4.74 Å². The van der Waals surface area contributed by atoms with E-state index in [0.29, 0.717) is 6.42 Å². The summed E-state index contributed by atoms with van der Waals surface area (Å²) < 4.78 is 18.8. The van der Waals surface area contributed by atoms with Crippen molar-refractivity contribution in [2.75, 3.05) is 6.61 Å². The van der Waals surface area contributed by atoms with Crippen LogP contribution >= 0.6 is 0 Å². The molecule has 1 N–H and O–H groups in total. The van der Waals surface area contributed by atoms with Gasteiger partial charge in [0.15, 0.2) is 0 Å².